The second-order valence-corrected chi connectivity index (χ2v) is 4.25. The van der Waals surface area contributed by atoms with E-state index >= 15 is 0 Å². The standard InChI is InChI=1S/C11H18N2O/c1-4-13-6-5-10-9(7-13)11(8(2)3)14-12-10/h8H,4-7H2,1-3H3. The van der Waals surface area contributed by atoms with E-state index in [2.05, 4.69) is 30.8 Å². The van der Waals surface area contributed by atoms with Gasteiger partial charge in [0.05, 0.1) is 5.69 Å². The largest absolute Gasteiger partial charge is 0.361 e. The number of nitrogens with zero attached hydrogens (tertiary/aromatic N) is 2. The van der Waals surface area contributed by atoms with E-state index in [0.29, 0.717) is 5.92 Å². The normalized spacial score (nSPS) is 17.4. The molecule has 1 aliphatic rings. The fourth-order valence-electron chi connectivity index (χ4n) is 2.01. The lowest BCUT2D eigenvalue weighted by molar-refractivity contribution is 0.266. The van der Waals surface area contributed by atoms with Gasteiger partial charge in [-0.2, -0.15) is 0 Å². The lowest BCUT2D eigenvalue weighted by Crippen LogP contribution is -2.30. The highest BCUT2D eigenvalue weighted by Crippen LogP contribution is 2.27. The molecule has 0 aliphatic carbocycles. The third-order valence-electron chi connectivity index (χ3n) is 2.92. The van der Waals surface area contributed by atoms with Crippen molar-refractivity contribution in [3.63, 3.8) is 0 Å². The van der Waals surface area contributed by atoms with Crippen LogP contribution in [0.5, 0.6) is 0 Å². The zero-order valence-electron chi connectivity index (χ0n) is 9.21. The Morgan fingerprint density at radius 1 is 1.50 bits per heavy atom. The van der Waals surface area contributed by atoms with E-state index < -0.39 is 0 Å². The van der Waals surface area contributed by atoms with E-state index in [1.54, 1.807) is 0 Å². The van der Waals surface area contributed by atoms with Crippen molar-refractivity contribution in [2.75, 3.05) is 13.1 Å². The maximum Gasteiger partial charge on any atom is 0.144 e. The van der Waals surface area contributed by atoms with Crippen LogP contribution in [-0.4, -0.2) is 23.1 Å². The smallest absolute Gasteiger partial charge is 0.144 e. The highest BCUT2D eigenvalue weighted by Gasteiger charge is 2.24. The van der Waals surface area contributed by atoms with Crippen LogP contribution in [0.4, 0.5) is 0 Å². The molecule has 0 fully saturated rings. The molecule has 14 heavy (non-hydrogen) atoms. The summed E-state index contributed by atoms with van der Waals surface area (Å²) >= 11 is 0. The predicted octanol–water partition coefficient (Wildman–Crippen LogP) is 2.18. The number of fused-ring (bicyclic) bond motifs is 1. The molecule has 0 bridgehead atoms. The van der Waals surface area contributed by atoms with Gasteiger partial charge in [-0.3, -0.25) is 4.90 Å². The molecule has 0 radical (unpaired) electrons. The van der Waals surface area contributed by atoms with Gasteiger partial charge in [0.15, 0.2) is 0 Å². The number of hydrogen-bond donors (Lipinski definition) is 0. The third kappa shape index (κ3) is 1.57. The van der Waals surface area contributed by atoms with Gasteiger partial charge in [0.1, 0.15) is 5.76 Å². The summed E-state index contributed by atoms with van der Waals surface area (Å²) in [6, 6.07) is 0. The summed E-state index contributed by atoms with van der Waals surface area (Å²) in [5.74, 6) is 1.53. The van der Waals surface area contributed by atoms with Crippen LogP contribution >= 0.6 is 0 Å². The molecule has 0 N–H and O–H groups in total. The maximum atomic E-state index is 5.40. The molecule has 0 saturated carbocycles. The van der Waals surface area contributed by atoms with E-state index in [0.717, 1.165) is 31.8 Å². The summed E-state index contributed by atoms with van der Waals surface area (Å²) in [5, 5.41) is 4.15. The van der Waals surface area contributed by atoms with Crippen molar-refractivity contribution in [2.24, 2.45) is 0 Å². The van der Waals surface area contributed by atoms with Crippen LogP contribution in [0.1, 0.15) is 43.7 Å². The molecule has 3 heteroatoms. The van der Waals surface area contributed by atoms with Crippen molar-refractivity contribution in [3.8, 4) is 0 Å². The van der Waals surface area contributed by atoms with Gasteiger partial charge in [-0.1, -0.05) is 25.9 Å². The zero-order valence-corrected chi connectivity index (χ0v) is 9.21. The van der Waals surface area contributed by atoms with Gasteiger partial charge in [0.25, 0.3) is 0 Å². The van der Waals surface area contributed by atoms with E-state index in [9.17, 15) is 0 Å². The fourth-order valence-corrected chi connectivity index (χ4v) is 2.01. The summed E-state index contributed by atoms with van der Waals surface area (Å²) in [7, 11) is 0. The van der Waals surface area contributed by atoms with Crippen LogP contribution in [0.2, 0.25) is 0 Å². The van der Waals surface area contributed by atoms with Crippen molar-refractivity contribution in [1.29, 1.82) is 0 Å². The Balaban J connectivity index is 2.28. The van der Waals surface area contributed by atoms with Gasteiger partial charge in [0, 0.05) is 31.0 Å². The van der Waals surface area contributed by atoms with Crippen LogP contribution in [-0.2, 0) is 13.0 Å². The molecule has 1 aliphatic heterocycles. The molecule has 3 nitrogen and oxygen atoms in total. The Morgan fingerprint density at radius 3 is 2.93 bits per heavy atom. The zero-order chi connectivity index (χ0) is 10.1. The number of aromatic nitrogens is 1. The first-order valence-corrected chi connectivity index (χ1v) is 5.42. The van der Waals surface area contributed by atoms with Crippen molar-refractivity contribution in [2.45, 2.75) is 39.7 Å². The molecular formula is C11H18N2O. The molecule has 0 atom stereocenters. The third-order valence-corrected chi connectivity index (χ3v) is 2.92. The van der Waals surface area contributed by atoms with E-state index in [4.69, 9.17) is 4.52 Å². The predicted molar refractivity (Wildman–Crippen MR) is 55.2 cm³/mol. The monoisotopic (exact) mass is 194 g/mol. The second kappa shape index (κ2) is 3.73. The van der Waals surface area contributed by atoms with Gasteiger partial charge in [-0.25, -0.2) is 0 Å². The Kier molecular flexibility index (Phi) is 2.59. The van der Waals surface area contributed by atoms with Gasteiger partial charge in [-0.05, 0) is 6.54 Å². The Labute approximate surface area is 85.1 Å². The van der Waals surface area contributed by atoms with E-state index in [1.807, 2.05) is 0 Å². The second-order valence-electron chi connectivity index (χ2n) is 4.25. The molecule has 0 amide bonds. The molecule has 0 aromatic carbocycles. The number of hydrogen-bond acceptors (Lipinski definition) is 3. The minimum absolute atomic E-state index is 0.447. The summed E-state index contributed by atoms with van der Waals surface area (Å²) < 4.78 is 5.40. The first-order chi connectivity index (χ1) is 6.72. The summed E-state index contributed by atoms with van der Waals surface area (Å²) in [5.41, 5.74) is 2.52. The SMILES string of the molecule is CCN1CCc2noc(C(C)C)c2C1. The number of likely N-dealkylation sites (N-methyl/N-ethyl adjacent to an activating group) is 1. The molecule has 0 spiro atoms. The van der Waals surface area contributed by atoms with Crippen LogP contribution in [0, 0.1) is 0 Å². The average Bonchev–Trinajstić information content (AvgIpc) is 2.59. The van der Waals surface area contributed by atoms with Crippen molar-refractivity contribution < 1.29 is 4.52 Å². The average molecular weight is 194 g/mol. The summed E-state index contributed by atoms with van der Waals surface area (Å²) in [6.45, 7) is 9.77. The maximum absolute atomic E-state index is 5.40. The first kappa shape index (κ1) is 9.71. The minimum atomic E-state index is 0.447. The highest BCUT2D eigenvalue weighted by molar-refractivity contribution is 5.27. The van der Waals surface area contributed by atoms with Crippen LogP contribution in [0.15, 0.2) is 4.52 Å². The van der Waals surface area contributed by atoms with Crippen LogP contribution in [0.3, 0.4) is 0 Å². The van der Waals surface area contributed by atoms with Crippen LogP contribution in [0.25, 0.3) is 0 Å². The van der Waals surface area contributed by atoms with Crippen molar-refractivity contribution in [3.05, 3.63) is 17.0 Å². The quantitative estimate of drug-likeness (QED) is 0.722. The molecule has 1 aromatic rings. The Hall–Kier alpha value is -0.830. The molecule has 2 rings (SSSR count). The fraction of sp³-hybridized carbons (Fsp3) is 0.727. The molecule has 2 heterocycles. The van der Waals surface area contributed by atoms with Gasteiger partial charge in [0.2, 0.25) is 0 Å². The van der Waals surface area contributed by atoms with Gasteiger partial charge >= 0.3 is 0 Å². The highest BCUT2D eigenvalue weighted by atomic mass is 16.5. The molecule has 0 unspecified atom stereocenters. The van der Waals surface area contributed by atoms with Gasteiger partial charge < -0.3 is 4.52 Å². The Morgan fingerprint density at radius 2 is 2.29 bits per heavy atom. The van der Waals surface area contributed by atoms with Crippen molar-refractivity contribution >= 4 is 0 Å². The Bertz CT molecular complexity index is 317. The molecular weight excluding hydrogens is 176 g/mol. The van der Waals surface area contributed by atoms with Gasteiger partial charge in [-0.15, -0.1) is 0 Å². The summed E-state index contributed by atoms with van der Waals surface area (Å²) in [6.07, 6.45) is 1.04. The first-order valence-electron chi connectivity index (χ1n) is 5.42. The van der Waals surface area contributed by atoms with E-state index in [-0.39, 0.29) is 0 Å². The number of rotatable bonds is 2. The molecule has 1 aromatic heterocycles. The molecule has 0 saturated heterocycles. The van der Waals surface area contributed by atoms with Crippen molar-refractivity contribution in [1.82, 2.24) is 10.1 Å². The minimum Gasteiger partial charge on any atom is -0.361 e. The molecule has 78 valence electrons. The summed E-state index contributed by atoms with van der Waals surface area (Å²) in [4.78, 5) is 2.44. The van der Waals surface area contributed by atoms with E-state index in [1.165, 1.54) is 11.3 Å². The van der Waals surface area contributed by atoms with Crippen LogP contribution < -0.4 is 0 Å². The topological polar surface area (TPSA) is 29.3 Å². The lowest BCUT2D eigenvalue weighted by Gasteiger charge is -2.24. The lowest BCUT2D eigenvalue weighted by atomic mass is 10.0.